The summed E-state index contributed by atoms with van der Waals surface area (Å²) in [6, 6.07) is 5.52. The van der Waals surface area contributed by atoms with Crippen molar-refractivity contribution in [1.29, 1.82) is 0 Å². The standard InChI is InChI=1S/C18H24N6O2/c1-4-13(9-25)21-18-22-16(14-17(23-18)24(3)10-20-14)19-8-12-7-5-6-11(2)15(12)26/h5-7,10,13,25-26H,4,8-9H2,1-3H3,(H2,19,21,22,23). The Balaban J connectivity index is 1.92. The maximum atomic E-state index is 10.2. The number of phenols is 1. The molecule has 0 aliphatic carbocycles. The number of fused-ring (bicyclic) bond motifs is 1. The van der Waals surface area contributed by atoms with Crippen molar-refractivity contribution in [3.8, 4) is 5.75 Å². The SMILES string of the molecule is CCC(CO)Nc1nc(NCc2cccc(C)c2O)c2ncn(C)c2n1. The third-order valence-electron chi connectivity index (χ3n) is 4.37. The number of aromatic hydroxyl groups is 1. The van der Waals surface area contributed by atoms with Crippen molar-refractivity contribution in [2.75, 3.05) is 17.2 Å². The van der Waals surface area contributed by atoms with E-state index in [1.165, 1.54) is 0 Å². The Morgan fingerprint density at radius 3 is 2.81 bits per heavy atom. The number of hydrogen-bond donors (Lipinski definition) is 4. The van der Waals surface area contributed by atoms with Crippen LogP contribution in [0, 0.1) is 6.92 Å². The summed E-state index contributed by atoms with van der Waals surface area (Å²) < 4.78 is 1.82. The number of rotatable bonds is 7. The molecule has 3 aromatic rings. The van der Waals surface area contributed by atoms with Crippen LogP contribution >= 0.6 is 0 Å². The number of nitrogens with one attached hydrogen (secondary N) is 2. The van der Waals surface area contributed by atoms with Crippen LogP contribution in [0.25, 0.3) is 11.2 Å². The van der Waals surface area contributed by atoms with E-state index in [9.17, 15) is 10.2 Å². The van der Waals surface area contributed by atoms with E-state index in [-0.39, 0.29) is 18.4 Å². The van der Waals surface area contributed by atoms with Crippen molar-refractivity contribution in [3.63, 3.8) is 0 Å². The fourth-order valence-corrected chi connectivity index (χ4v) is 2.70. The lowest BCUT2D eigenvalue weighted by molar-refractivity contribution is 0.271. The Kier molecular flexibility index (Phi) is 5.22. The highest BCUT2D eigenvalue weighted by Gasteiger charge is 2.15. The Labute approximate surface area is 151 Å². The van der Waals surface area contributed by atoms with Crippen molar-refractivity contribution in [1.82, 2.24) is 19.5 Å². The first-order chi connectivity index (χ1) is 12.5. The lowest BCUT2D eigenvalue weighted by atomic mass is 10.1. The van der Waals surface area contributed by atoms with Gasteiger partial charge in [-0.05, 0) is 18.9 Å². The third kappa shape index (κ3) is 3.55. The molecule has 0 saturated heterocycles. The molecule has 0 spiro atoms. The molecule has 0 fully saturated rings. The largest absolute Gasteiger partial charge is 0.507 e. The van der Waals surface area contributed by atoms with Gasteiger partial charge in [-0.25, -0.2) is 4.98 Å². The molecule has 0 aliphatic heterocycles. The molecule has 0 bridgehead atoms. The topological polar surface area (TPSA) is 108 Å². The van der Waals surface area contributed by atoms with Gasteiger partial charge in [0.1, 0.15) is 5.75 Å². The van der Waals surface area contributed by atoms with Gasteiger partial charge in [0.2, 0.25) is 5.95 Å². The van der Waals surface area contributed by atoms with Crippen molar-refractivity contribution < 1.29 is 10.2 Å². The molecule has 26 heavy (non-hydrogen) atoms. The van der Waals surface area contributed by atoms with E-state index in [2.05, 4.69) is 25.6 Å². The Morgan fingerprint density at radius 1 is 1.27 bits per heavy atom. The summed E-state index contributed by atoms with van der Waals surface area (Å²) in [6.07, 6.45) is 2.44. The number of aliphatic hydroxyl groups excluding tert-OH is 1. The number of hydrogen-bond acceptors (Lipinski definition) is 7. The summed E-state index contributed by atoms with van der Waals surface area (Å²) in [5, 5.41) is 26.0. The molecule has 3 rings (SSSR count). The zero-order chi connectivity index (χ0) is 18.7. The lowest BCUT2D eigenvalue weighted by Crippen LogP contribution is -2.24. The van der Waals surface area contributed by atoms with Gasteiger partial charge in [0.15, 0.2) is 17.0 Å². The fraction of sp³-hybridized carbons (Fsp3) is 0.389. The molecule has 1 atom stereocenters. The number of phenolic OH excluding ortho intramolecular Hbond substituents is 1. The molecular formula is C18H24N6O2. The number of para-hydroxylation sites is 1. The van der Waals surface area contributed by atoms with E-state index in [0.717, 1.165) is 17.5 Å². The van der Waals surface area contributed by atoms with Gasteiger partial charge in [-0.2, -0.15) is 9.97 Å². The molecule has 2 aromatic heterocycles. The van der Waals surface area contributed by atoms with Crippen LogP contribution in [0.4, 0.5) is 11.8 Å². The molecule has 0 saturated carbocycles. The summed E-state index contributed by atoms with van der Waals surface area (Å²) in [7, 11) is 1.87. The van der Waals surface area contributed by atoms with Gasteiger partial charge in [-0.3, -0.25) is 0 Å². The van der Waals surface area contributed by atoms with E-state index < -0.39 is 0 Å². The van der Waals surface area contributed by atoms with Gasteiger partial charge in [-0.1, -0.05) is 25.1 Å². The predicted molar refractivity (Wildman–Crippen MR) is 101 cm³/mol. The first-order valence-corrected chi connectivity index (χ1v) is 8.61. The minimum Gasteiger partial charge on any atom is -0.507 e. The maximum absolute atomic E-state index is 10.2. The van der Waals surface area contributed by atoms with Crippen molar-refractivity contribution >= 4 is 22.9 Å². The van der Waals surface area contributed by atoms with Crippen molar-refractivity contribution in [3.05, 3.63) is 35.7 Å². The summed E-state index contributed by atoms with van der Waals surface area (Å²) in [5.74, 6) is 1.28. The first-order valence-electron chi connectivity index (χ1n) is 8.61. The second-order valence-electron chi connectivity index (χ2n) is 6.29. The number of nitrogens with zero attached hydrogens (tertiary/aromatic N) is 4. The van der Waals surface area contributed by atoms with E-state index in [1.54, 1.807) is 6.33 Å². The molecule has 0 amide bonds. The van der Waals surface area contributed by atoms with Crippen LogP contribution in [0.1, 0.15) is 24.5 Å². The van der Waals surface area contributed by atoms with Crippen LogP contribution in [0.2, 0.25) is 0 Å². The minimum atomic E-state index is -0.116. The van der Waals surface area contributed by atoms with Crippen LogP contribution in [-0.4, -0.2) is 42.4 Å². The molecule has 8 nitrogen and oxygen atoms in total. The van der Waals surface area contributed by atoms with Gasteiger partial charge in [0.05, 0.1) is 19.0 Å². The second-order valence-corrected chi connectivity index (χ2v) is 6.29. The molecule has 0 aliphatic rings. The van der Waals surface area contributed by atoms with Crippen LogP contribution in [0.5, 0.6) is 5.75 Å². The molecular weight excluding hydrogens is 332 g/mol. The van der Waals surface area contributed by atoms with Gasteiger partial charge >= 0.3 is 0 Å². The smallest absolute Gasteiger partial charge is 0.227 e. The average Bonchev–Trinajstić information content (AvgIpc) is 3.02. The predicted octanol–water partition coefficient (Wildman–Crippen LogP) is 2.17. The van der Waals surface area contributed by atoms with Gasteiger partial charge in [0.25, 0.3) is 0 Å². The lowest BCUT2D eigenvalue weighted by Gasteiger charge is -2.15. The summed E-state index contributed by atoms with van der Waals surface area (Å²) in [4.78, 5) is 13.4. The Bertz CT molecular complexity index is 904. The second kappa shape index (κ2) is 7.57. The Hall–Kier alpha value is -2.87. The number of benzene rings is 1. The minimum absolute atomic E-state index is 0.00319. The van der Waals surface area contributed by atoms with E-state index in [4.69, 9.17) is 0 Å². The molecule has 1 aromatic carbocycles. The molecule has 1 unspecified atom stereocenters. The number of imidazole rings is 1. The molecule has 0 radical (unpaired) electrons. The normalized spacial score (nSPS) is 12.3. The van der Waals surface area contributed by atoms with E-state index in [0.29, 0.717) is 29.5 Å². The quantitative estimate of drug-likeness (QED) is 0.514. The monoisotopic (exact) mass is 356 g/mol. The van der Waals surface area contributed by atoms with E-state index >= 15 is 0 Å². The summed E-state index contributed by atoms with van der Waals surface area (Å²) >= 11 is 0. The molecule has 2 heterocycles. The van der Waals surface area contributed by atoms with Crippen LogP contribution in [0.15, 0.2) is 24.5 Å². The van der Waals surface area contributed by atoms with Crippen molar-refractivity contribution in [2.45, 2.75) is 32.9 Å². The molecule has 138 valence electrons. The highest BCUT2D eigenvalue weighted by Crippen LogP contribution is 2.25. The van der Waals surface area contributed by atoms with Crippen LogP contribution in [-0.2, 0) is 13.6 Å². The van der Waals surface area contributed by atoms with Gasteiger partial charge in [-0.15, -0.1) is 0 Å². The molecule has 4 N–H and O–H groups in total. The van der Waals surface area contributed by atoms with Crippen LogP contribution < -0.4 is 10.6 Å². The Morgan fingerprint density at radius 2 is 2.08 bits per heavy atom. The number of aromatic nitrogens is 4. The first kappa shape index (κ1) is 17.9. The third-order valence-corrected chi connectivity index (χ3v) is 4.37. The average molecular weight is 356 g/mol. The highest BCUT2D eigenvalue weighted by atomic mass is 16.3. The van der Waals surface area contributed by atoms with Crippen LogP contribution in [0.3, 0.4) is 0 Å². The zero-order valence-corrected chi connectivity index (χ0v) is 15.2. The highest BCUT2D eigenvalue weighted by molar-refractivity contribution is 5.84. The van der Waals surface area contributed by atoms with Gasteiger partial charge < -0.3 is 25.4 Å². The number of anilines is 2. The number of aliphatic hydroxyl groups is 1. The van der Waals surface area contributed by atoms with Gasteiger partial charge in [0, 0.05) is 19.2 Å². The summed E-state index contributed by atoms with van der Waals surface area (Å²) in [6.45, 7) is 4.26. The maximum Gasteiger partial charge on any atom is 0.227 e. The summed E-state index contributed by atoms with van der Waals surface area (Å²) in [5.41, 5.74) is 2.95. The number of aryl methyl sites for hydroxylation is 2. The van der Waals surface area contributed by atoms with Crippen molar-refractivity contribution in [2.24, 2.45) is 7.05 Å². The van der Waals surface area contributed by atoms with E-state index in [1.807, 2.05) is 43.7 Å². The zero-order valence-electron chi connectivity index (χ0n) is 15.2. The molecule has 8 heteroatoms. The fourth-order valence-electron chi connectivity index (χ4n) is 2.70.